The molecular weight excluding hydrogens is 178 g/mol. The lowest BCUT2D eigenvalue weighted by Gasteiger charge is -2.36. The van der Waals surface area contributed by atoms with Crippen molar-refractivity contribution in [1.82, 2.24) is 4.90 Å². The zero-order chi connectivity index (χ0) is 10.7. The van der Waals surface area contributed by atoms with Gasteiger partial charge in [0.2, 0.25) is 0 Å². The molecule has 14 heavy (non-hydrogen) atoms. The van der Waals surface area contributed by atoms with E-state index in [0.717, 1.165) is 19.6 Å². The molecule has 1 rings (SSSR count). The molecule has 82 valence electrons. The summed E-state index contributed by atoms with van der Waals surface area (Å²) in [5.41, 5.74) is 5.45. The third-order valence-electron chi connectivity index (χ3n) is 2.56. The smallest absolute Gasteiger partial charge is 0.0947 e. The summed E-state index contributed by atoms with van der Waals surface area (Å²) in [4.78, 5) is 2.32. The third kappa shape index (κ3) is 3.27. The van der Waals surface area contributed by atoms with Crippen molar-refractivity contribution in [3.63, 3.8) is 0 Å². The number of ether oxygens (including phenoxy) is 1. The SMILES string of the molecule is CC(CN1C[C@@H](C)O[C@@H](C)C1)C(=N)N. The molecule has 1 fully saturated rings. The van der Waals surface area contributed by atoms with E-state index in [1.807, 2.05) is 6.92 Å². The molecule has 1 aliphatic heterocycles. The van der Waals surface area contributed by atoms with Crippen LogP contribution < -0.4 is 5.73 Å². The van der Waals surface area contributed by atoms with Gasteiger partial charge in [0.25, 0.3) is 0 Å². The van der Waals surface area contributed by atoms with Gasteiger partial charge in [0, 0.05) is 25.6 Å². The Labute approximate surface area is 85.9 Å². The molecule has 1 aliphatic rings. The molecule has 0 aromatic carbocycles. The van der Waals surface area contributed by atoms with E-state index < -0.39 is 0 Å². The number of morpholine rings is 1. The van der Waals surface area contributed by atoms with Crippen molar-refractivity contribution >= 4 is 5.84 Å². The van der Waals surface area contributed by atoms with Crippen molar-refractivity contribution in [2.24, 2.45) is 11.7 Å². The normalized spacial score (nSPS) is 31.4. The largest absolute Gasteiger partial charge is 0.387 e. The number of nitrogens with one attached hydrogen (secondary N) is 1. The maximum absolute atomic E-state index is 7.34. The van der Waals surface area contributed by atoms with Gasteiger partial charge in [0.15, 0.2) is 0 Å². The highest BCUT2D eigenvalue weighted by atomic mass is 16.5. The monoisotopic (exact) mass is 199 g/mol. The van der Waals surface area contributed by atoms with Crippen molar-refractivity contribution in [3.8, 4) is 0 Å². The highest BCUT2D eigenvalue weighted by Gasteiger charge is 2.23. The standard InChI is InChI=1S/C10H21N3O/c1-7(10(11)12)4-13-5-8(2)14-9(3)6-13/h7-9H,4-6H2,1-3H3,(H3,11,12)/t7?,8-,9+. The fourth-order valence-corrected chi connectivity index (χ4v) is 1.92. The Bertz CT molecular complexity index is 198. The predicted molar refractivity (Wildman–Crippen MR) is 57.5 cm³/mol. The second-order valence-corrected chi connectivity index (χ2v) is 4.33. The minimum Gasteiger partial charge on any atom is -0.387 e. The molecule has 4 nitrogen and oxygen atoms in total. The Kier molecular flexibility index (Phi) is 3.89. The van der Waals surface area contributed by atoms with Crippen LogP contribution in [0.15, 0.2) is 0 Å². The molecule has 0 bridgehead atoms. The van der Waals surface area contributed by atoms with E-state index in [-0.39, 0.29) is 24.0 Å². The fourth-order valence-electron chi connectivity index (χ4n) is 1.92. The topological polar surface area (TPSA) is 62.3 Å². The minimum absolute atomic E-state index is 0.146. The van der Waals surface area contributed by atoms with Gasteiger partial charge in [-0.05, 0) is 13.8 Å². The summed E-state index contributed by atoms with van der Waals surface area (Å²) in [6.07, 6.45) is 0.579. The molecule has 0 aromatic rings. The molecule has 0 saturated carbocycles. The first kappa shape index (κ1) is 11.5. The van der Waals surface area contributed by atoms with Crippen LogP contribution in [0.2, 0.25) is 0 Å². The predicted octanol–water partition coefficient (Wildman–Crippen LogP) is 0.668. The van der Waals surface area contributed by atoms with Crippen molar-refractivity contribution in [1.29, 1.82) is 5.41 Å². The highest BCUT2D eigenvalue weighted by Crippen LogP contribution is 2.12. The molecule has 0 aromatic heterocycles. The van der Waals surface area contributed by atoms with Gasteiger partial charge in [-0.25, -0.2) is 0 Å². The lowest BCUT2D eigenvalue weighted by atomic mass is 10.1. The lowest BCUT2D eigenvalue weighted by molar-refractivity contribution is -0.0693. The van der Waals surface area contributed by atoms with Gasteiger partial charge in [-0.3, -0.25) is 10.3 Å². The minimum atomic E-state index is 0.146. The van der Waals surface area contributed by atoms with E-state index in [0.29, 0.717) is 0 Å². The second kappa shape index (κ2) is 4.75. The van der Waals surface area contributed by atoms with Gasteiger partial charge < -0.3 is 10.5 Å². The van der Waals surface area contributed by atoms with Crippen molar-refractivity contribution in [3.05, 3.63) is 0 Å². The van der Waals surface area contributed by atoms with Gasteiger partial charge in [0.05, 0.1) is 18.0 Å². The highest BCUT2D eigenvalue weighted by molar-refractivity contribution is 5.79. The summed E-state index contributed by atoms with van der Waals surface area (Å²) in [6, 6.07) is 0. The Morgan fingerprint density at radius 3 is 2.43 bits per heavy atom. The summed E-state index contributed by atoms with van der Waals surface area (Å²) in [7, 11) is 0. The van der Waals surface area contributed by atoms with Gasteiger partial charge in [-0.2, -0.15) is 0 Å². The molecule has 3 N–H and O–H groups in total. The average Bonchev–Trinajstić information content (AvgIpc) is 2.01. The summed E-state index contributed by atoms with van der Waals surface area (Å²) in [6.45, 7) is 8.92. The van der Waals surface area contributed by atoms with Crippen LogP contribution in [0.3, 0.4) is 0 Å². The zero-order valence-electron chi connectivity index (χ0n) is 9.29. The molecular formula is C10H21N3O. The first-order valence-electron chi connectivity index (χ1n) is 5.20. The van der Waals surface area contributed by atoms with Gasteiger partial charge in [0.1, 0.15) is 0 Å². The van der Waals surface area contributed by atoms with Crippen molar-refractivity contribution in [2.45, 2.75) is 33.0 Å². The van der Waals surface area contributed by atoms with Gasteiger partial charge in [-0.15, -0.1) is 0 Å². The Morgan fingerprint density at radius 1 is 1.50 bits per heavy atom. The van der Waals surface area contributed by atoms with Crippen molar-refractivity contribution in [2.75, 3.05) is 19.6 Å². The van der Waals surface area contributed by atoms with Crippen molar-refractivity contribution < 1.29 is 4.74 Å². The first-order valence-corrected chi connectivity index (χ1v) is 5.20. The molecule has 1 unspecified atom stereocenters. The van der Waals surface area contributed by atoms with E-state index >= 15 is 0 Å². The Hall–Kier alpha value is -0.610. The molecule has 0 aliphatic carbocycles. The maximum atomic E-state index is 7.34. The van der Waals surface area contributed by atoms with Crippen LogP contribution in [-0.2, 0) is 4.74 Å². The summed E-state index contributed by atoms with van der Waals surface area (Å²) >= 11 is 0. The average molecular weight is 199 g/mol. The molecule has 3 atom stereocenters. The number of nitrogens with two attached hydrogens (primary N) is 1. The van der Waals surface area contributed by atoms with Crippen LogP contribution in [0.25, 0.3) is 0 Å². The van der Waals surface area contributed by atoms with E-state index in [1.165, 1.54) is 0 Å². The molecule has 0 radical (unpaired) electrons. The van der Waals surface area contributed by atoms with Crippen LogP contribution in [0.1, 0.15) is 20.8 Å². The van der Waals surface area contributed by atoms with Gasteiger partial charge in [-0.1, -0.05) is 6.92 Å². The van der Waals surface area contributed by atoms with E-state index in [4.69, 9.17) is 15.9 Å². The molecule has 0 spiro atoms. The Morgan fingerprint density at radius 2 is 2.00 bits per heavy atom. The number of hydrogen-bond donors (Lipinski definition) is 2. The van der Waals surface area contributed by atoms with E-state index in [2.05, 4.69) is 18.7 Å². The summed E-state index contributed by atoms with van der Waals surface area (Å²) in [5, 5.41) is 7.34. The first-order chi connectivity index (χ1) is 6.49. The number of rotatable bonds is 3. The van der Waals surface area contributed by atoms with E-state index in [9.17, 15) is 0 Å². The summed E-state index contributed by atoms with van der Waals surface area (Å²) < 4.78 is 5.63. The van der Waals surface area contributed by atoms with Crippen LogP contribution >= 0.6 is 0 Å². The second-order valence-electron chi connectivity index (χ2n) is 4.33. The van der Waals surface area contributed by atoms with E-state index in [1.54, 1.807) is 0 Å². The molecule has 0 amide bonds. The van der Waals surface area contributed by atoms with Crippen LogP contribution in [0.5, 0.6) is 0 Å². The lowest BCUT2D eigenvalue weighted by Crippen LogP contribution is -2.48. The third-order valence-corrected chi connectivity index (χ3v) is 2.56. The quantitative estimate of drug-likeness (QED) is 0.518. The van der Waals surface area contributed by atoms with Crippen LogP contribution in [0, 0.1) is 11.3 Å². The number of amidine groups is 1. The van der Waals surface area contributed by atoms with Gasteiger partial charge >= 0.3 is 0 Å². The number of nitrogens with zero attached hydrogens (tertiary/aromatic N) is 1. The fraction of sp³-hybridized carbons (Fsp3) is 0.900. The summed E-state index contributed by atoms with van der Waals surface area (Å²) in [5.74, 6) is 0.421. The number of hydrogen-bond acceptors (Lipinski definition) is 3. The molecule has 1 saturated heterocycles. The molecule has 1 heterocycles. The maximum Gasteiger partial charge on any atom is 0.0947 e. The Balaban J connectivity index is 2.40. The van der Waals surface area contributed by atoms with Crippen LogP contribution in [-0.4, -0.2) is 42.6 Å². The zero-order valence-corrected chi connectivity index (χ0v) is 9.29. The molecule has 4 heteroatoms. The van der Waals surface area contributed by atoms with Crippen LogP contribution in [0.4, 0.5) is 0 Å².